The van der Waals surface area contributed by atoms with Crippen LogP contribution in [0.15, 0.2) is 40.4 Å². The molecule has 2 N–H and O–H groups in total. The standard InChI is InChI=1S/C13H15N5O/c1-9(2)11-5-3-10(4-6-11)7-14-17-13-16-12(19)8-15-18-13/h3-9H,1-2H3,(H2,16,17,18,19)/b14-7+. The summed E-state index contributed by atoms with van der Waals surface area (Å²) in [6.07, 6.45) is 2.75. The third kappa shape index (κ3) is 3.74. The number of aromatic amines is 1. The van der Waals surface area contributed by atoms with E-state index >= 15 is 0 Å². The molecular weight excluding hydrogens is 242 g/mol. The van der Waals surface area contributed by atoms with Crippen molar-refractivity contribution in [2.45, 2.75) is 19.8 Å². The summed E-state index contributed by atoms with van der Waals surface area (Å²) in [6, 6.07) is 8.10. The maximum Gasteiger partial charge on any atom is 0.271 e. The average molecular weight is 257 g/mol. The van der Waals surface area contributed by atoms with Gasteiger partial charge in [-0.3, -0.25) is 9.78 Å². The molecule has 0 saturated heterocycles. The zero-order valence-electron chi connectivity index (χ0n) is 10.8. The zero-order chi connectivity index (χ0) is 13.7. The molecule has 0 bridgehead atoms. The van der Waals surface area contributed by atoms with Gasteiger partial charge in [0, 0.05) is 0 Å². The lowest BCUT2D eigenvalue weighted by atomic mass is 10.0. The van der Waals surface area contributed by atoms with E-state index in [9.17, 15) is 4.79 Å². The SMILES string of the molecule is CC(C)c1ccc(/C=N/Nc2nncc(=O)[nH]2)cc1. The Hall–Kier alpha value is -2.50. The van der Waals surface area contributed by atoms with Crippen molar-refractivity contribution < 1.29 is 0 Å². The van der Waals surface area contributed by atoms with Gasteiger partial charge in [-0.25, -0.2) is 5.43 Å². The maximum absolute atomic E-state index is 11.0. The number of hydrazone groups is 1. The molecule has 0 spiro atoms. The Labute approximate surface area is 110 Å². The minimum atomic E-state index is -0.325. The fourth-order valence-electron chi connectivity index (χ4n) is 1.50. The predicted molar refractivity (Wildman–Crippen MR) is 74.4 cm³/mol. The molecule has 0 aliphatic heterocycles. The van der Waals surface area contributed by atoms with Crippen LogP contribution < -0.4 is 11.0 Å². The van der Waals surface area contributed by atoms with Crippen LogP contribution in [-0.4, -0.2) is 21.4 Å². The molecule has 1 aromatic carbocycles. The van der Waals surface area contributed by atoms with Crippen molar-refractivity contribution in [1.29, 1.82) is 0 Å². The highest BCUT2D eigenvalue weighted by atomic mass is 16.1. The number of hydrogen-bond donors (Lipinski definition) is 2. The molecule has 0 saturated carbocycles. The molecule has 0 unspecified atom stereocenters. The number of hydrogen-bond acceptors (Lipinski definition) is 5. The quantitative estimate of drug-likeness (QED) is 0.645. The van der Waals surface area contributed by atoms with Gasteiger partial charge in [-0.1, -0.05) is 38.1 Å². The largest absolute Gasteiger partial charge is 0.289 e. The lowest BCUT2D eigenvalue weighted by Crippen LogP contribution is -2.10. The van der Waals surface area contributed by atoms with Crippen LogP contribution in [0.5, 0.6) is 0 Å². The summed E-state index contributed by atoms with van der Waals surface area (Å²) in [5.74, 6) is 0.719. The van der Waals surface area contributed by atoms with Crippen LogP contribution >= 0.6 is 0 Å². The first-order valence-electron chi connectivity index (χ1n) is 5.96. The summed E-state index contributed by atoms with van der Waals surface area (Å²) >= 11 is 0. The van der Waals surface area contributed by atoms with E-state index in [-0.39, 0.29) is 11.5 Å². The Morgan fingerprint density at radius 2 is 2.05 bits per heavy atom. The Morgan fingerprint density at radius 3 is 2.68 bits per heavy atom. The van der Waals surface area contributed by atoms with Crippen LogP contribution in [0, 0.1) is 0 Å². The summed E-state index contributed by atoms with van der Waals surface area (Å²) in [4.78, 5) is 13.4. The minimum absolute atomic E-state index is 0.211. The first kappa shape index (κ1) is 12.9. The molecule has 6 nitrogen and oxygen atoms in total. The number of nitrogens with one attached hydrogen (secondary N) is 2. The van der Waals surface area contributed by atoms with Gasteiger partial charge in [-0.05, 0) is 17.0 Å². The van der Waals surface area contributed by atoms with Gasteiger partial charge in [0.1, 0.15) is 6.20 Å². The lowest BCUT2D eigenvalue weighted by Gasteiger charge is -2.04. The zero-order valence-corrected chi connectivity index (χ0v) is 10.8. The highest BCUT2D eigenvalue weighted by molar-refractivity contribution is 5.80. The van der Waals surface area contributed by atoms with Crippen LogP contribution in [0.4, 0.5) is 5.95 Å². The van der Waals surface area contributed by atoms with Gasteiger partial charge in [0.05, 0.1) is 6.21 Å². The smallest absolute Gasteiger partial charge is 0.271 e. The lowest BCUT2D eigenvalue weighted by molar-refractivity contribution is 0.866. The molecule has 98 valence electrons. The molecule has 0 atom stereocenters. The van der Waals surface area contributed by atoms with Gasteiger partial charge >= 0.3 is 0 Å². The van der Waals surface area contributed by atoms with Gasteiger partial charge in [0.2, 0.25) is 5.95 Å². The van der Waals surface area contributed by atoms with Crippen LogP contribution in [0.3, 0.4) is 0 Å². The van der Waals surface area contributed by atoms with E-state index in [4.69, 9.17) is 0 Å². The molecule has 2 rings (SSSR count). The third-order valence-electron chi connectivity index (χ3n) is 2.56. The van der Waals surface area contributed by atoms with E-state index in [2.05, 4.69) is 51.7 Å². The van der Waals surface area contributed by atoms with Crippen molar-refractivity contribution in [2.75, 3.05) is 5.43 Å². The summed E-state index contributed by atoms with van der Waals surface area (Å²) in [5.41, 5.74) is 4.53. The molecule has 2 aromatic rings. The molecule has 0 aliphatic rings. The van der Waals surface area contributed by atoms with E-state index in [1.54, 1.807) is 6.21 Å². The second-order valence-corrected chi connectivity index (χ2v) is 4.37. The second kappa shape index (κ2) is 5.90. The highest BCUT2D eigenvalue weighted by Crippen LogP contribution is 2.13. The van der Waals surface area contributed by atoms with Gasteiger partial charge in [-0.15, -0.1) is 10.2 Å². The van der Waals surface area contributed by atoms with Crippen LogP contribution in [-0.2, 0) is 0 Å². The monoisotopic (exact) mass is 257 g/mol. The van der Waals surface area contributed by atoms with Gasteiger partial charge in [0.25, 0.3) is 5.56 Å². The Balaban J connectivity index is 2.01. The summed E-state index contributed by atoms with van der Waals surface area (Å²) in [7, 11) is 0. The van der Waals surface area contributed by atoms with Gasteiger partial charge < -0.3 is 0 Å². The van der Waals surface area contributed by atoms with E-state index in [0.29, 0.717) is 5.92 Å². The van der Waals surface area contributed by atoms with Crippen LogP contribution in [0.1, 0.15) is 30.9 Å². The number of rotatable bonds is 4. The van der Waals surface area contributed by atoms with Crippen molar-refractivity contribution in [3.8, 4) is 0 Å². The van der Waals surface area contributed by atoms with Crippen molar-refractivity contribution in [3.63, 3.8) is 0 Å². The predicted octanol–water partition coefficient (Wildman–Crippen LogP) is 1.73. The third-order valence-corrected chi connectivity index (χ3v) is 2.56. The van der Waals surface area contributed by atoms with Crippen molar-refractivity contribution in [3.05, 3.63) is 51.9 Å². The Kier molecular flexibility index (Phi) is 4.02. The number of benzene rings is 1. The van der Waals surface area contributed by atoms with Crippen molar-refractivity contribution in [1.82, 2.24) is 15.2 Å². The van der Waals surface area contributed by atoms with Crippen LogP contribution in [0.2, 0.25) is 0 Å². The van der Waals surface area contributed by atoms with Gasteiger partial charge in [-0.2, -0.15) is 5.10 Å². The Bertz CT molecular complexity index is 615. The van der Waals surface area contributed by atoms with E-state index < -0.39 is 0 Å². The number of H-pyrrole nitrogens is 1. The first-order chi connectivity index (χ1) is 9.15. The second-order valence-electron chi connectivity index (χ2n) is 4.37. The normalized spacial score (nSPS) is 11.1. The first-order valence-corrected chi connectivity index (χ1v) is 5.96. The number of anilines is 1. The van der Waals surface area contributed by atoms with Crippen molar-refractivity contribution >= 4 is 12.2 Å². The van der Waals surface area contributed by atoms with E-state index in [1.165, 1.54) is 5.56 Å². The minimum Gasteiger partial charge on any atom is -0.289 e. The van der Waals surface area contributed by atoms with E-state index in [1.807, 2.05) is 12.1 Å². The summed E-state index contributed by atoms with van der Waals surface area (Å²) in [6.45, 7) is 4.30. The molecule has 19 heavy (non-hydrogen) atoms. The molecule has 0 aliphatic carbocycles. The fraction of sp³-hybridized carbons (Fsp3) is 0.231. The molecule has 0 radical (unpaired) electrons. The van der Waals surface area contributed by atoms with Crippen molar-refractivity contribution in [2.24, 2.45) is 5.10 Å². The fourth-order valence-corrected chi connectivity index (χ4v) is 1.50. The summed E-state index contributed by atoms with van der Waals surface area (Å²) in [5, 5.41) is 11.2. The Morgan fingerprint density at radius 1 is 1.32 bits per heavy atom. The number of nitrogens with zero attached hydrogens (tertiary/aromatic N) is 3. The topological polar surface area (TPSA) is 83.0 Å². The molecule has 0 fully saturated rings. The molecule has 1 heterocycles. The molecule has 0 amide bonds. The van der Waals surface area contributed by atoms with Gasteiger partial charge in [0.15, 0.2) is 0 Å². The molecule has 1 aromatic heterocycles. The molecular formula is C13H15N5O. The molecule has 6 heteroatoms. The van der Waals surface area contributed by atoms with Crippen LogP contribution in [0.25, 0.3) is 0 Å². The van der Waals surface area contributed by atoms with E-state index in [0.717, 1.165) is 11.8 Å². The maximum atomic E-state index is 11.0. The summed E-state index contributed by atoms with van der Waals surface area (Å²) < 4.78 is 0. The number of aromatic nitrogens is 3. The average Bonchev–Trinajstić information content (AvgIpc) is 2.39. The highest BCUT2D eigenvalue weighted by Gasteiger charge is 1.97.